The van der Waals surface area contributed by atoms with Gasteiger partial charge in [-0.05, 0) is 39.8 Å². The number of aryl methyl sites for hydroxylation is 1. The van der Waals surface area contributed by atoms with Crippen LogP contribution in [0, 0.1) is 0 Å². The fourth-order valence-corrected chi connectivity index (χ4v) is 2.72. The van der Waals surface area contributed by atoms with Crippen LogP contribution >= 0.6 is 27.7 Å². The third-order valence-corrected chi connectivity index (χ3v) is 3.58. The summed E-state index contributed by atoms with van der Waals surface area (Å²) in [6.45, 7) is 1.92. The first-order chi connectivity index (χ1) is 9.38. The van der Waals surface area contributed by atoms with Gasteiger partial charge >= 0.3 is 6.18 Å². The Labute approximate surface area is 126 Å². The molecule has 0 spiro atoms. The van der Waals surface area contributed by atoms with Crippen molar-refractivity contribution in [2.45, 2.75) is 29.6 Å². The fourth-order valence-electron chi connectivity index (χ4n) is 1.37. The second-order valence-corrected chi connectivity index (χ2v) is 5.64. The Balaban J connectivity index is 2.20. The van der Waals surface area contributed by atoms with Crippen LogP contribution in [0.3, 0.4) is 0 Å². The Hall–Kier alpha value is -1.15. The zero-order chi connectivity index (χ0) is 14.8. The van der Waals surface area contributed by atoms with Gasteiger partial charge in [0.05, 0.1) is 5.56 Å². The van der Waals surface area contributed by atoms with E-state index < -0.39 is 11.7 Å². The summed E-state index contributed by atoms with van der Waals surface area (Å²) in [4.78, 5) is 12.2. The van der Waals surface area contributed by atoms with Crippen molar-refractivity contribution in [2.24, 2.45) is 0 Å². The predicted molar refractivity (Wildman–Crippen MR) is 72.5 cm³/mol. The molecule has 0 aromatic carbocycles. The molecule has 0 bridgehead atoms. The molecule has 0 aliphatic rings. The third-order valence-electron chi connectivity index (χ3n) is 2.31. The quantitative estimate of drug-likeness (QED) is 0.759. The van der Waals surface area contributed by atoms with Crippen molar-refractivity contribution in [3.05, 3.63) is 40.4 Å². The highest BCUT2D eigenvalue weighted by Gasteiger charge is 2.30. The van der Waals surface area contributed by atoms with Gasteiger partial charge in [-0.3, -0.25) is 0 Å². The molecule has 2 heterocycles. The highest BCUT2D eigenvalue weighted by Crippen LogP contribution is 2.31. The SMILES string of the molecule is CCc1nc(Br)cc(Sc2ccc(C(F)(F)F)cn2)n1. The molecule has 8 heteroatoms. The second kappa shape index (κ2) is 6.09. The van der Waals surface area contributed by atoms with Crippen molar-refractivity contribution in [2.75, 3.05) is 0 Å². The maximum Gasteiger partial charge on any atom is 0.417 e. The van der Waals surface area contributed by atoms with Crippen LogP contribution in [0.25, 0.3) is 0 Å². The smallest absolute Gasteiger partial charge is 0.249 e. The molecule has 2 rings (SSSR count). The molecule has 0 saturated heterocycles. The Morgan fingerprint density at radius 2 is 1.95 bits per heavy atom. The van der Waals surface area contributed by atoms with Gasteiger partial charge in [0, 0.05) is 18.7 Å². The van der Waals surface area contributed by atoms with E-state index in [-0.39, 0.29) is 0 Å². The van der Waals surface area contributed by atoms with Crippen LogP contribution in [0.4, 0.5) is 13.2 Å². The molecule has 0 fully saturated rings. The third kappa shape index (κ3) is 3.92. The minimum Gasteiger partial charge on any atom is -0.249 e. The van der Waals surface area contributed by atoms with Crippen molar-refractivity contribution in [3.8, 4) is 0 Å². The van der Waals surface area contributed by atoms with Crippen LogP contribution in [0.1, 0.15) is 18.3 Å². The van der Waals surface area contributed by atoms with E-state index in [9.17, 15) is 13.2 Å². The fraction of sp³-hybridized carbons (Fsp3) is 0.250. The number of halogens is 4. The lowest BCUT2D eigenvalue weighted by molar-refractivity contribution is -0.137. The lowest BCUT2D eigenvalue weighted by atomic mass is 10.3. The summed E-state index contributed by atoms with van der Waals surface area (Å²) in [5.41, 5.74) is -0.764. The summed E-state index contributed by atoms with van der Waals surface area (Å²) in [6.07, 6.45) is -2.88. The second-order valence-electron chi connectivity index (χ2n) is 3.78. The summed E-state index contributed by atoms with van der Waals surface area (Å²) in [5.74, 6) is 0.661. The van der Waals surface area contributed by atoms with Gasteiger partial charge in [-0.2, -0.15) is 13.2 Å². The molecule has 20 heavy (non-hydrogen) atoms. The van der Waals surface area contributed by atoms with Gasteiger partial charge in [-0.1, -0.05) is 6.92 Å². The van der Waals surface area contributed by atoms with Crippen LogP contribution in [0.15, 0.2) is 39.1 Å². The van der Waals surface area contributed by atoms with E-state index in [0.29, 0.717) is 26.9 Å². The van der Waals surface area contributed by atoms with Crippen LogP contribution in [-0.4, -0.2) is 15.0 Å². The Morgan fingerprint density at radius 1 is 1.20 bits per heavy atom. The number of hydrogen-bond donors (Lipinski definition) is 0. The molecular weight excluding hydrogens is 355 g/mol. The highest BCUT2D eigenvalue weighted by molar-refractivity contribution is 9.10. The number of hydrogen-bond acceptors (Lipinski definition) is 4. The minimum absolute atomic E-state index is 0.450. The first-order valence-electron chi connectivity index (χ1n) is 5.63. The van der Waals surface area contributed by atoms with Crippen molar-refractivity contribution in [3.63, 3.8) is 0 Å². The van der Waals surface area contributed by atoms with Gasteiger partial charge in [0.1, 0.15) is 20.5 Å². The van der Waals surface area contributed by atoms with E-state index in [1.54, 1.807) is 6.07 Å². The molecule has 0 saturated carbocycles. The molecule has 106 valence electrons. The zero-order valence-electron chi connectivity index (χ0n) is 10.3. The maximum atomic E-state index is 12.4. The van der Waals surface area contributed by atoms with Gasteiger partial charge in [0.25, 0.3) is 0 Å². The summed E-state index contributed by atoms with van der Waals surface area (Å²) in [7, 11) is 0. The molecule has 0 aliphatic carbocycles. The summed E-state index contributed by atoms with van der Waals surface area (Å²) in [5, 5.41) is 1.08. The minimum atomic E-state index is -4.37. The van der Waals surface area contributed by atoms with E-state index in [0.717, 1.165) is 12.3 Å². The normalized spacial score (nSPS) is 11.7. The van der Waals surface area contributed by atoms with Crippen LogP contribution in [-0.2, 0) is 12.6 Å². The zero-order valence-corrected chi connectivity index (χ0v) is 12.7. The van der Waals surface area contributed by atoms with Gasteiger partial charge in [0.15, 0.2) is 0 Å². The van der Waals surface area contributed by atoms with E-state index in [2.05, 4.69) is 30.9 Å². The Kier molecular flexibility index (Phi) is 4.64. The number of alkyl halides is 3. The Bertz CT molecular complexity index is 602. The predicted octanol–water partition coefficient (Wildman–Crippen LogP) is 4.37. The van der Waals surface area contributed by atoms with Gasteiger partial charge in [0.2, 0.25) is 0 Å². The number of pyridine rings is 1. The van der Waals surface area contributed by atoms with Crippen LogP contribution in [0.2, 0.25) is 0 Å². The van der Waals surface area contributed by atoms with E-state index in [4.69, 9.17) is 0 Å². The molecule has 0 atom stereocenters. The lowest BCUT2D eigenvalue weighted by Gasteiger charge is -2.07. The number of aromatic nitrogens is 3. The standard InChI is InChI=1S/C12H9BrF3N3S/c1-2-9-18-8(13)5-11(19-9)20-10-4-3-7(6-17-10)12(14,15)16/h3-6H,2H2,1H3. The summed E-state index contributed by atoms with van der Waals surface area (Å²) < 4.78 is 37.9. The molecule has 2 aromatic heterocycles. The van der Waals surface area contributed by atoms with Gasteiger partial charge in [-0.15, -0.1) is 0 Å². The maximum absolute atomic E-state index is 12.4. The number of nitrogens with zero attached hydrogens (tertiary/aromatic N) is 3. The summed E-state index contributed by atoms with van der Waals surface area (Å²) in [6, 6.07) is 4.03. The largest absolute Gasteiger partial charge is 0.417 e. The van der Waals surface area contributed by atoms with E-state index >= 15 is 0 Å². The molecule has 0 N–H and O–H groups in total. The topological polar surface area (TPSA) is 38.7 Å². The van der Waals surface area contributed by atoms with Crippen LogP contribution in [0.5, 0.6) is 0 Å². The average molecular weight is 364 g/mol. The molecule has 0 aliphatic heterocycles. The van der Waals surface area contributed by atoms with Crippen LogP contribution < -0.4 is 0 Å². The van der Waals surface area contributed by atoms with Crippen molar-refractivity contribution < 1.29 is 13.2 Å². The van der Waals surface area contributed by atoms with Crippen molar-refractivity contribution in [1.29, 1.82) is 0 Å². The first kappa shape index (κ1) is 15.2. The van der Waals surface area contributed by atoms with Crippen molar-refractivity contribution in [1.82, 2.24) is 15.0 Å². The van der Waals surface area contributed by atoms with E-state index in [1.165, 1.54) is 17.8 Å². The molecule has 0 amide bonds. The molecule has 0 unspecified atom stereocenters. The molecule has 2 aromatic rings. The first-order valence-corrected chi connectivity index (χ1v) is 7.24. The monoisotopic (exact) mass is 363 g/mol. The molecule has 0 radical (unpaired) electrons. The van der Waals surface area contributed by atoms with E-state index in [1.807, 2.05) is 6.92 Å². The van der Waals surface area contributed by atoms with Crippen molar-refractivity contribution >= 4 is 27.7 Å². The molecular formula is C12H9BrF3N3S. The highest BCUT2D eigenvalue weighted by atomic mass is 79.9. The molecule has 3 nitrogen and oxygen atoms in total. The summed E-state index contributed by atoms with van der Waals surface area (Å²) >= 11 is 4.46. The van der Waals surface area contributed by atoms with Gasteiger partial charge < -0.3 is 0 Å². The Morgan fingerprint density at radius 3 is 2.50 bits per heavy atom. The average Bonchev–Trinajstić information content (AvgIpc) is 2.37. The lowest BCUT2D eigenvalue weighted by Crippen LogP contribution is -2.05. The number of rotatable bonds is 3. The van der Waals surface area contributed by atoms with Gasteiger partial charge in [-0.25, -0.2) is 15.0 Å².